The minimum atomic E-state index is -1.02. The van der Waals surface area contributed by atoms with Crippen molar-refractivity contribution < 1.29 is 14.7 Å². The number of aromatic nitrogens is 1. The summed E-state index contributed by atoms with van der Waals surface area (Å²) in [6, 6.07) is 21.9. The second-order valence-electron chi connectivity index (χ2n) is 6.36. The topological polar surface area (TPSA) is 79.3 Å². The zero-order chi connectivity index (χ0) is 19.9. The third-order valence-electron chi connectivity index (χ3n) is 4.27. The number of amides is 1. The van der Waals surface area contributed by atoms with E-state index in [4.69, 9.17) is 11.6 Å². The van der Waals surface area contributed by atoms with E-state index >= 15 is 0 Å². The molecular weight excluding hydrogens is 376 g/mol. The van der Waals surface area contributed by atoms with Crippen LogP contribution in [0, 0.1) is 5.92 Å². The van der Waals surface area contributed by atoms with E-state index in [1.54, 1.807) is 24.3 Å². The van der Waals surface area contributed by atoms with Gasteiger partial charge in [-0.15, -0.1) is 0 Å². The van der Waals surface area contributed by atoms with Gasteiger partial charge in [-0.1, -0.05) is 66.2 Å². The maximum Gasteiger partial charge on any atom is 0.304 e. The Labute approximate surface area is 168 Å². The number of pyridine rings is 1. The van der Waals surface area contributed by atoms with E-state index in [0.29, 0.717) is 23.0 Å². The number of anilines is 1. The molecule has 2 N–H and O–H groups in total. The molecule has 1 atom stereocenters. The highest BCUT2D eigenvalue weighted by atomic mass is 35.5. The van der Waals surface area contributed by atoms with Crippen LogP contribution in [0.1, 0.15) is 12.0 Å². The third-order valence-corrected chi connectivity index (χ3v) is 4.60. The highest BCUT2D eigenvalue weighted by Gasteiger charge is 2.23. The maximum absolute atomic E-state index is 12.7. The molecular formula is C22H19ClN2O3. The van der Waals surface area contributed by atoms with E-state index in [0.717, 1.165) is 11.1 Å². The number of halogens is 1. The van der Waals surface area contributed by atoms with E-state index in [2.05, 4.69) is 10.3 Å². The number of carboxylic acid groups (broad SMARTS) is 1. The van der Waals surface area contributed by atoms with Crippen molar-refractivity contribution >= 4 is 29.3 Å². The van der Waals surface area contributed by atoms with Crippen LogP contribution in [-0.4, -0.2) is 22.0 Å². The monoisotopic (exact) mass is 394 g/mol. The first kappa shape index (κ1) is 19.6. The summed E-state index contributed by atoms with van der Waals surface area (Å²) in [5.74, 6) is -1.75. The number of hydrogen-bond donors (Lipinski definition) is 2. The standard InChI is InChI=1S/C22H19ClN2O3/c23-18-10-5-4-9-17(18)19-11-6-12-20(24-19)25-22(28)16(14-21(26)27)13-15-7-2-1-3-8-15/h1-12,16H,13-14H2,(H,26,27)(H,24,25,28)/t16-/m1/s1. The Bertz CT molecular complexity index is 976. The Balaban J connectivity index is 1.78. The van der Waals surface area contributed by atoms with E-state index in [-0.39, 0.29) is 12.3 Å². The number of nitrogens with one attached hydrogen (secondary N) is 1. The lowest BCUT2D eigenvalue weighted by molar-refractivity contribution is -0.140. The lowest BCUT2D eigenvalue weighted by atomic mass is 9.95. The molecule has 0 saturated heterocycles. The van der Waals surface area contributed by atoms with Crippen LogP contribution < -0.4 is 5.32 Å². The van der Waals surface area contributed by atoms with Crippen molar-refractivity contribution in [3.8, 4) is 11.3 Å². The van der Waals surface area contributed by atoms with E-state index in [1.165, 1.54) is 0 Å². The second-order valence-corrected chi connectivity index (χ2v) is 6.77. The van der Waals surface area contributed by atoms with Gasteiger partial charge in [-0.3, -0.25) is 9.59 Å². The van der Waals surface area contributed by atoms with Crippen LogP contribution in [0.2, 0.25) is 5.02 Å². The van der Waals surface area contributed by atoms with Crippen molar-refractivity contribution in [3.05, 3.63) is 83.4 Å². The van der Waals surface area contributed by atoms with Crippen LogP contribution in [0.25, 0.3) is 11.3 Å². The number of rotatable bonds is 7. The summed E-state index contributed by atoms with van der Waals surface area (Å²) in [4.78, 5) is 28.4. The molecule has 2 aromatic carbocycles. The van der Waals surface area contributed by atoms with Gasteiger partial charge in [0.2, 0.25) is 5.91 Å². The minimum absolute atomic E-state index is 0.259. The Morgan fingerprint density at radius 3 is 2.39 bits per heavy atom. The molecule has 1 aromatic heterocycles. The van der Waals surface area contributed by atoms with Crippen molar-refractivity contribution in [2.75, 3.05) is 5.32 Å². The minimum Gasteiger partial charge on any atom is -0.481 e. The van der Waals surface area contributed by atoms with Gasteiger partial charge in [0.1, 0.15) is 5.82 Å². The fraction of sp³-hybridized carbons (Fsp3) is 0.136. The first-order valence-corrected chi connectivity index (χ1v) is 9.19. The molecule has 6 heteroatoms. The van der Waals surface area contributed by atoms with Gasteiger partial charge in [0, 0.05) is 10.6 Å². The van der Waals surface area contributed by atoms with E-state index < -0.39 is 11.9 Å². The molecule has 0 spiro atoms. The lowest BCUT2D eigenvalue weighted by Gasteiger charge is -2.15. The fourth-order valence-corrected chi connectivity index (χ4v) is 3.15. The molecule has 5 nitrogen and oxygen atoms in total. The van der Waals surface area contributed by atoms with Crippen LogP contribution >= 0.6 is 11.6 Å². The van der Waals surface area contributed by atoms with Crippen LogP contribution in [-0.2, 0) is 16.0 Å². The summed E-state index contributed by atoms with van der Waals surface area (Å²) in [7, 11) is 0. The van der Waals surface area contributed by atoms with Gasteiger partial charge < -0.3 is 10.4 Å². The Hall–Kier alpha value is -3.18. The molecule has 0 bridgehead atoms. The number of carbonyl (C=O) groups excluding carboxylic acids is 1. The molecule has 1 amide bonds. The molecule has 0 aliphatic carbocycles. The first-order chi connectivity index (χ1) is 13.5. The molecule has 0 unspecified atom stereocenters. The average Bonchev–Trinajstić information content (AvgIpc) is 2.68. The molecule has 142 valence electrons. The summed E-state index contributed by atoms with van der Waals surface area (Å²) in [6.45, 7) is 0. The fourth-order valence-electron chi connectivity index (χ4n) is 2.92. The highest BCUT2D eigenvalue weighted by Crippen LogP contribution is 2.27. The summed E-state index contributed by atoms with van der Waals surface area (Å²) >= 11 is 6.22. The number of nitrogens with zero attached hydrogens (tertiary/aromatic N) is 1. The predicted molar refractivity (Wildman–Crippen MR) is 109 cm³/mol. The molecule has 3 rings (SSSR count). The van der Waals surface area contributed by atoms with Crippen molar-refractivity contribution in [1.82, 2.24) is 4.98 Å². The Kier molecular flexibility index (Phi) is 6.40. The van der Waals surface area contributed by atoms with Crippen LogP contribution in [0.4, 0.5) is 5.82 Å². The molecule has 3 aromatic rings. The largest absolute Gasteiger partial charge is 0.481 e. The van der Waals surface area contributed by atoms with Gasteiger partial charge in [-0.25, -0.2) is 4.98 Å². The molecule has 0 aliphatic rings. The van der Waals surface area contributed by atoms with Gasteiger partial charge in [0.05, 0.1) is 18.0 Å². The van der Waals surface area contributed by atoms with Crippen molar-refractivity contribution in [2.24, 2.45) is 5.92 Å². The van der Waals surface area contributed by atoms with E-state index in [1.807, 2.05) is 48.5 Å². The predicted octanol–water partition coefficient (Wildman–Crippen LogP) is 4.67. The maximum atomic E-state index is 12.7. The molecule has 1 heterocycles. The molecule has 28 heavy (non-hydrogen) atoms. The van der Waals surface area contributed by atoms with Crippen LogP contribution in [0.3, 0.4) is 0 Å². The summed E-state index contributed by atoms with van der Waals surface area (Å²) in [5.41, 5.74) is 2.29. The van der Waals surface area contributed by atoms with Gasteiger partial charge in [0.15, 0.2) is 0 Å². The number of carbonyl (C=O) groups is 2. The average molecular weight is 395 g/mol. The molecule has 0 aliphatic heterocycles. The quantitative estimate of drug-likeness (QED) is 0.610. The molecule has 0 saturated carbocycles. The number of aliphatic carboxylic acids is 1. The van der Waals surface area contributed by atoms with Crippen molar-refractivity contribution in [3.63, 3.8) is 0 Å². The van der Waals surface area contributed by atoms with Gasteiger partial charge >= 0.3 is 5.97 Å². The third kappa shape index (κ3) is 5.18. The second kappa shape index (κ2) is 9.15. The summed E-state index contributed by atoms with van der Waals surface area (Å²) < 4.78 is 0. The van der Waals surface area contributed by atoms with Gasteiger partial charge in [-0.2, -0.15) is 0 Å². The Morgan fingerprint density at radius 1 is 0.964 bits per heavy atom. The van der Waals surface area contributed by atoms with Gasteiger partial charge in [0.25, 0.3) is 0 Å². The molecule has 0 radical (unpaired) electrons. The first-order valence-electron chi connectivity index (χ1n) is 8.81. The zero-order valence-corrected chi connectivity index (χ0v) is 15.8. The van der Waals surface area contributed by atoms with Crippen LogP contribution in [0.5, 0.6) is 0 Å². The number of carboxylic acids is 1. The van der Waals surface area contributed by atoms with E-state index in [9.17, 15) is 14.7 Å². The Morgan fingerprint density at radius 2 is 1.68 bits per heavy atom. The summed E-state index contributed by atoms with van der Waals surface area (Å²) in [6.07, 6.45) is 0.0775. The van der Waals surface area contributed by atoms with Crippen molar-refractivity contribution in [2.45, 2.75) is 12.8 Å². The number of hydrogen-bond acceptors (Lipinski definition) is 3. The van der Waals surface area contributed by atoms with Gasteiger partial charge in [-0.05, 0) is 30.2 Å². The smallest absolute Gasteiger partial charge is 0.304 e. The SMILES string of the molecule is O=C(O)C[C@@H](Cc1ccccc1)C(=O)Nc1cccc(-c2ccccc2Cl)n1. The molecule has 0 fully saturated rings. The number of benzene rings is 2. The normalized spacial score (nSPS) is 11.6. The van der Waals surface area contributed by atoms with Crippen molar-refractivity contribution in [1.29, 1.82) is 0 Å². The summed E-state index contributed by atoms with van der Waals surface area (Å²) in [5, 5.41) is 12.5. The highest BCUT2D eigenvalue weighted by molar-refractivity contribution is 6.33. The zero-order valence-electron chi connectivity index (χ0n) is 15.0. The van der Waals surface area contributed by atoms with Crippen LogP contribution in [0.15, 0.2) is 72.8 Å². The lowest BCUT2D eigenvalue weighted by Crippen LogP contribution is -2.27.